The molecule has 0 bridgehead atoms. The standard InChI is InChI=1S/C33H46FN3O2S/c1-5-6-19-37-24-35-33(32(38)39-4,23-40-22-26-11-8-7-9-12-26)30(37)20-25-15-17-27(18-16-25)31(36(2)3)28-13-10-14-29(34)21-28/h7-14,21,24-25,27,30-31H,5-6,15-20,22-23H2,1-4H3. The van der Waals surface area contributed by atoms with E-state index in [2.05, 4.69) is 61.2 Å². The van der Waals surface area contributed by atoms with Crippen molar-refractivity contribution in [2.24, 2.45) is 16.8 Å². The highest BCUT2D eigenvalue weighted by atomic mass is 32.2. The van der Waals surface area contributed by atoms with E-state index in [4.69, 9.17) is 9.73 Å². The van der Waals surface area contributed by atoms with Crippen molar-refractivity contribution < 1.29 is 13.9 Å². The smallest absolute Gasteiger partial charge is 0.336 e. The molecule has 0 radical (unpaired) electrons. The fraction of sp³-hybridized carbons (Fsp3) is 0.576. The van der Waals surface area contributed by atoms with Crippen LogP contribution in [0.5, 0.6) is 0 Å². The highest BCUT2D eigenvalue weighted by Crippen LogP contribution is 2.43. The van der Waals surface area contributed by atoms with Gasteiger partial charge >= 0.3 is 5.97 Å². The molecule has 0 amide bonds. The van der Waals surface area contributed by atoms with Gasteiger partial charge in [0.05, 0.1) is 19.5 Å². The lowest BCUT2D eigenvalue weighted by Crippen LogP contribution is -2.54. The molecule has 0 aromatic heterocycles. The second-order valence-corrected chi connectivity index (χ2v) is 12.7. The summed E-state index contributed by atoms with van der Waals surface area (Å²) in [5.41, 5.74) is 1.43. The van der Waals surface area contributed by atoms with Gasteiger partial charge < -0.3 is 14.5 Å². The number of benzene rings is 2. The Balaban J connectivity index is 1.47. The van der Waals surface area contributed by atoms with Crippen molar-refractivity contribution in [3.8, 4) is 0 Å². The lowest BCUT2D eigenvalue weighted by Gasteiger charge is -2.41. The molecule has 7 heteroatoms. The quantitative estimate of drug-likeness (QED) is 0.244. The van der Waals surface area contributed by atoms with Gasteiger partial charge in [-0.2, -0.15) is 11.8 Å². The minimum Gasteiger partial charge on any atom is -0.467 e. The summed E-state index contributed by atoms with van der Waals surface area (Å²) in [6.45, 7) is 3.11. The van der Waals surface area contributed by atoms with Crippen LogP contribution in [0.2, 0.25) is 0 Å². The monoisotopic (exact) mass is 567 g/mol. The third-order valence-electron chi connectivity index (χ3n) is 8.77. The summed E-state index contributed by atoms with van der Waals surface area (Å²) in [6.07, 6.45) is 9.45. The summed E-state index contributed by atoms with van der Waals surface area (Å²) >= 11 is 1.77. The molecule has 2 aromatic rings. The maximum atomic E-state index is 14.1. The molecular formula is C33H46FN3O2S. The van der Waals surface area contributed by atoms with E-state index in [1.807, 2.05) is 18.5 Å². The number of carbonyl (C=O) groups is 1. The van der Waals surface area contributed by atoms with Gasteiger partial charge in [0.1, 0.15) is 5.82 Å². The number of thioether (sulfide) groups is 1. The number of hydrogen-bond acceptors (Lipinski definition) is 6. The normalized spacial score (nSPS) is 25.4. The Morgan fingerprint density at radius 3 is 2.55 bits per heavy atom. The molecule has 1 aliphatic carbocycles. The van der Waals surface area contributed by atoms with Gasteiger partial charge in [-0.15, -0.1) is 0 Å². The molecule has 3 atom stereocenters. The summed E-state index contributed by atoms with van der Waals surface area (Å²) in [4.78, 5) is 22.9. The Bertz CT molecular complexity index is 1110. The van der Waals surface area contributed by atoms with E-state index >= 15 is 0 Å². The Morgan fingerprint density at radius 2 is 1.90 bits per heavy atom. The van der Waals surface area contributed by atoms with Gasteiger partial charge in [-0.3, -0.25) is 4.99 Å². The lowest BCUT2D eigenvalue weighted by molar-refractivity contribution is -0.147. The minimum atomic E-state index is -0.882. The van der Waals surface area contributed by atoms with Gasteiger partial charge in [0, 0.05) is 24.1 Å². The van der Waals surface area contributed by atoms with Gasteiger partial charge in [-0.25, -0.2) is 9.18 Å². The van der Waals surface area contributed by atoms with Gasteiger partial charge in [-0.1, -0.05) is 68.7 Å². The molecular weight excluding hydrogens is 521 g/mol. The summed E-state index contributed by atoms with van der Waals surface area (Å²) < 4.78 is 19.5. The van der Waals surface area contributed by atoms with Crippen LogP contribution in [0.25, 0.3) is 0 Å². The Hall–Kier alpha value is -2.38. The molecule has 0 spiro atoms. The second-order valence-electron chi connectivity index (χ2n) is 11.7. The Morgan fingerprint density at radius 1 is 1.15 bits per heavy atom. The van der Waals surface area contributed by atoms with Crippen LogP contribution >= 0.6 is 11.8 Å². The van der Waals surface area contributed by atoms with Crippen molar-refractivity contribution >= 4 is 24.1 Å². The molecule has 1 saturated carbocycles. The number of aliphatic imine (C=N–C) groups is 1. The zero-order valence-electron chi connectivity index (χ0n) is 24.6. The van der Waals surface area contributed by atoms with Crippen LogP contribution < -0.4 is 0 Å². The Labute approximate surface area is 244 Å². The first-order valence-electron chi connectivity index (χ1n) is 14.8. The molecule has 4 rings (SSSR count). The number of ether oxygens (including phenoxy) is 1. The van der Waals surface area contributed by atoms with E-state index in [-0.39, 0.29) is 23.9 Å². The van der Waals surface area contributed by atoms with E-state index in [9.17, 15) is 9.18 Å². The molecule has 3 unspecified atom stereocenters. The van der Waals surface area contributed by atoms with Gasteiger partial charge in [0.15, 0.2) is 5.54 Å². The fourth-order valence-corrected chi connectivity index (χ4v) is 7.92. The SMILES string of the molecule is CCCCN1C=NC(CSCc2ccccc2)(C(=O)OC)C1CC1CCC(C(c2cccc(F)c2)N(C)C)CC1. The topological polar surface area (TPSA) is 45.1 Å². The number of rotatable bonds is 13. The summed E-state index contributed by atoms with van der Waals surface area (Å²) in [7, 11) is 5.69. The predicted molar refractivity (Wildman–Crippen MR) is 164 cm³/mol. The maximum Gasteiger partial charge on any atom is 0.336 e. The van der Waals surface area contributed by atoms with E-state index in [1.54, 1.807) is 17.8 Å². The molecule has 1 fully saturated rings. The van der Waals surface area contributed by atoms with Crippen molar-refractivity contribution in [1.29, 1.82) is 0 Å². The van der Waals surface area contributed by atoms with Gasteiger partial charge in [0.25, 0.3) is 0 Å². The fourth-order valence-electron chi connectivity index (χ4n) is 6.70. The Kier molecular flexibility index (Phi) is 11.1. The molecule has 2 aliphatic rings. The van der Waals surface area contributed by atoms with Crippen LogP contribution in [0.1, 0.15) is 69.0 Å². The summed E-state index contributed by atoms with van der Waals surface area (Å²) in [5, 5.41) is 0. The largest absolute Gasteiger partial charge is 0.467 e. The van der Waals surface area contributed by atoms with Crippen molar-refractivity contribution in [2.75, 3.05) is 33.5 Å². The van der Waals surface area contributed by atoms with Crippen molar-refractivity contribution in [2.45, 2.75) is 75.2 Å². The zero-order chi connectivity index (χ0) is 28.5. The zero-order valence-corrected chi connectivity index (χ0v) is 25.4. The number of nitrogens with zero attached hydrogens (tertiary/aromatic N) is 3. The van der Waals surface area contributed by atoms with Gasteiger partial charge in [-0.05, 0) is 74.9 Å². The van der Waals surface area contributed by atoms with Crippen molar-refractivity contribution in [3.05, 3.63) is 71.5 Å². The molecule has 1 aliphatic heterocycles. The van der Waals surface area contributed by atoms with Crippen LogP contribution in [0.4, 0.5) is 4.39 Å². The third kappa shape index (κ3) is 7.27. The van der Waals surface area contributed by atoms with E-state index in [1.165, 1.54) is 18.7 Å². The highest BCUT2D eigenvalue weighted by Gasteiger charge is 2.52. The first-order chi connectivity index (χ1) is 19.4. The van der Waals surface area contributed by atoms with Crippen LogP contribution in [-0.2, 0) is 15.3 Å². The number of esters is 1. The van der Waals surface area contributed by atoms with Crippen molar-refractivity contribution in [1.82, 2.24) is 9.80 Å². The summed E-state index contributed by atoms with van der Waals surface area (Å²) in [6, 6.07) is 17.7. The number of hydrogen-bond donors (Lipinski definition) is 0. The maximum absolute atomic E-state index is 14.1. The lowest BCUT2D eigenvalue weighted by atomic mass is 9.73. The average molecular weight is 568 g/mol. The second kappa shape index (κ2) is 14.5. The number of halogens is 1. The molecule has 1 heterocycles. The number of methoxy groups -OCH3 is 1. The average Bonchev–Trinajstić information content (AvgIpc) is 3.30. The van der Waals surface area contributed by atoms with Gasteiger partial charge in [0.2, 0.25) is 0 Å². The van der Waals surface area contributed by atoms with Crippen LogP contribution in [-0.4, -0.2) is 67.2 Å². The molecule has 0 N–H and O–H groups in total. The van der Waals surface area contributed by atoms with Crippen molar-refractivity contribution in [3.63, 3.8) is 0 Å². The minimum absolute atomic E-state index is 0.00388. The van der Waals surface area contributed by atoms with Crippen LogP contribution in [0.15, 0.2) is 59.6 Å². The first-order valence-corrected chi connectivity index (χ1v) is 16.0. The summed E-state index contributed by atoms with van der Waals surface area (Å²) in [5.74, 6) is 2.06. The van der Waals surface area contributed by atoms with E-state index in [0.717, 1.165) is 62.8 Å². The molecule has 0 saturated heterocycles. The first kappa shape index (κ1) is 30.6. The predicted octanol–water partition coefficient (Wildman–Crippen LogP) is 6.98. The highest BCUT2D eigenvalue weighted by molar-refractivity contribution is 7.98. The van der Waals surface area contributed by atoms with E-state index < -0.39 is 5.54 Å². The molecule has 40 heavy (non-hydrogen) atoms. The molecule has 2 aromatic carbocycles. The third-order valence-corrected chi connectivity index (χ3v) is 9.95. The van der Waals surface area contributed by atoms with Crippen LogP contribution in [0.3, 0.4) is 0 Å². The van der Waals surface area contributed by atoms with E-state index in [0.29, 0.717) is 17.6 Å². The number of carbonyl (C=O) groups excluding carboxylic acids is 1. The molecule has 218 valence electrons. The molecule has 5 nitrogen and oxygen atoms in total. The van der Waals surface area contributed by atoms with Crippen LogP contribution in [0, 0.1) is 17.7 Å². The number of unbranched alkanes of at least 4 members (excludes halogenated alkanes) is 1.